The highest BCUT2D eigenvalue weighted by molar-refractivity contribution is 5.94. The molecule has 1 aromatic carbocycles. The Morgan fingerprint density at radius 1 is 1.37 bits per heavy atom. The summed E-state index contributed by atoms with van der Waals surface area (Å²) in [6.45, 7) is 1.93. The van der Waals surface area contributed by atoms with E-state index in [0.29, 0.717) is 25.1 Å². The van der Waals surface area contributed by atoms with E-state index in [0.717, 1.165) is 0 Å². The summed E-state index contributed by atoms with van der Waals surface area (Å²) in [7, 11) is 0. The van der Waals surface area contributed by atoms with Crippen LogP contribution in [0.15, 0.2) is 24.3 Å². The molecule has 1 unspecified atom stereocenters. The Hall–Kier alpha value is -2.11. The van der Waals surface area contributed by atoms with Gasteiger partial charge in [0.1, 0.15) is 11.4 Å². The molecular formula is C13H15FN2O3. The van der Waals surface area contributed by atoms with Gasteiger partial charge in [0.2, 0.25) is 0 Å². The summed E-state index contributed by atoms with van der Waals surface area (Å²) in [6.07, 6.45) is 1.08. The fourth-order valence-corrected chi connectivity index (χ4v) is 2.24. The highest BCUT2D eigenvalue weighted by Gasteiger charge is 2.45. The first-order chi connectivity index (χ1) is 8.93. The molecule has 0 spiro atoms. The van der Waals surface area contributed by atoms with Gasteiger partial charge in [0.15, 0.2) is 0 Å². The summed E-state index contributed by atoms with van der Waals surface area (Å²) < 4.78 is 12.8. The second-order valence-corrected chi connectivity index (χ2v) is 4.77. The lowest BCUT2D eigenvalue weighted by Crippen LogP contribution is -2.52. The maximum absolute atomic E-state index is 12.8. The number of carboxylic acid groups (broad SMARTS) is 1. The molecule has 5 nitrogen and oxygen atoms in total. The SMILES string of the molecule is CC1(C(=O)O)CCCN1C(=O)Nc1ccc(F)cc1. The van der Waals surface area contributed by atoms with Gasteiger partial charge in [0.05, 0.1) is 0 Å². The van der Waals surface area contributed by atoms with Gasteiger partial charge in [0, 0.05) is 12.2 Å². The van der Waals surface area contributed by atoms with Crippen molar-refractivity contribution in [3.63, 3.8) is 0 Å². The van der Waals surface area contributed by atoms with E-state index in [-0.39, 0.29) is 0 Å². The summed E-state index contributed by atoms with van der Waals surface area (Å²) in [5.74, 6) is -1.41. The van der Waals surface area contributed by atoms with Crippen LogP contribution in [0.5, 0.6) is 0 Å². The van der Waals surface area contributed by atoms with Crippen molar-refractivity contribution in [3.8, 4) is 0 Å². The molecule has 1 saturated heterocycles. The van der Waals surface area contributed by atoms with Crippen molar-refractivity contribution in [3.05, 3.63) is 30.1 Å². The Bertz CT molecular complexity index is 503. The molecule has 2 amide bonds. The van der Waals surface area contributed by atoms with Gasteiger partial charge in [-0.3, -0.25) is 0 Å². The van der Waals surface area contributed by atoms with Gasteiger partial charge in [-0.2, -0.15) is 0 Å². The van der Waals surface area contributed by atoms with E-state index in [1.54, 1.807) is 0 Å². The summed E-state index contributed by atoms with van der Waals surface area (Å²) in [5, 5.41) is 11.8. The van der Waals surface area contributed by atoms with Crippen molar-refractivity contribution >= 4 is 17.7 Å². The van der Waals surface area contributed by atoms with E-state index in [9.17, 15) is 19.1 Å². The van der Waals surface area contributed by atoms with Gasteiger partial charge in [-0.25, -0.2) is 14.0 Å². The van der Waals surface area contributed by atoms with Crippen molar-refractivity contribution in [1.82, 2.24) is 4.90 Å². The Morgan fingerprint density at radius 2 is 2.00 bits per heavy atom. The molecule has 19 heavy (non-hydrogen) atoms. The molecule has 0 aliphatic carbocycles. The number of hydrogen-bond acceptors (Lipinski definition) is 2. The first kappa shape index (κ1) is 13.3. The molecule has 0 bridgehead atoms. The second-order valence-electron chi connectivity index (χ2n) is 4.77. The average molecular weight is 266 g/mol. The smallest absolute Gasteiger partial charge is 0.329 e. The quantitative estimate of drug-likeness (QED) is 0.862. The normalized spacial score (nSPS) is 22.3. The van der Waals surface area contributed by atoms with Crippen LogP contribution in [0.2, 0.25) is 0 Å². The molecular weight excluding hydrogens is 251 g/mol. The number of nitrogens with zero attached hydrogens (tertiary/aromatic N) is 1. The number of aliphatic carboxylic acids is 1. The third-order valence-corrected chi connectivity index (χ3v) is 3.44. The minimum absolute atomic E-state index is 0.394. The monoisotopic (exact) mass is 266 g/mol. The topological polar surface area (TPSA) is 69.6 Å². The molecule has 2 rings (SSSR count). The summed E-state index contributed by atoms with van der Waals surface area (Å²) in [4.78, 5) is 24.6. The highest BCUT2D eigenvalue weighted by atomic mass is 19.1. The maximum Gasteiger partial charge on any atom is 0.329 e. The van der Waals surface area contributed by atoms with Crippen LogP contribution < -0.4 is 5.32 Å². The first-order valence-electron chi connectivity index (χ1n) is 6.01. The highest BCUT2D eigenvalue weighted by Crippen LogP contribution is 2.29. The molecule has 2 N–H and O–H groups in total. The Balaban J connectivity index is 2.11. The zero-order chi connectivity index (χ0) is 14.0. The standard InChI is InChI=1S/C13H15FN2O3/c1-13(11(17)18)7-2-8-16(13)12(19)15-10-5-3-9(14)4-6-10/h3-6H,2,7-8H2,1H3,(H,15,19)(H,17,18). The van der Waals surface area contributed by atoms with Crippen LogP contribution in [0.3, 0.4) is 0 Å². The predicted molar refractivity (Wildman–Crippen MR) is 67.4 cm³/mol. The van der Waals surface area contributed by atoms with Gasteiger partial charge >= 0.3 is 12.0 Å². The molecule has 102 valence electrons. The van der Waals surface area contributed by atoms with Crippen LogP contribution in [0.1, 0.15) is 19.8 Å². The van der Waals surface area contributed by atoms with Gasteiger partial charge in [0.25, 0.3) is 0 Å². The lowest BCUT2D eigenvalue weighted by atomic mass is 10.00. The number of amides is 2. The van der Waals surface area contributed by atoms with Crippen molar-refractivity contribution in [2.75, 3.05) is 11.9 Å². The first-order valence-corrected chi connectivity index (χ1v) is 6.01. The van der Waals surface area contributed by atoms with E-state index in [2.05, 4.69) is 5.32 Å². The molecule has 0 aromatic heterocycles. The number of urea groups is 1. The molecule has 1 heterocycles. The van der Waals surface area contributed by atoms with E-state index in [1.165, 1.54) is 36.1 Å². The fraction of sp³-hybridized carbons (Fsp3) is 0.385. The molecule has 1 aliphatic heterocycles. The van der Waals surface area contributed by atoms with Crippen LogP contribution in [0, 0.1) is 5.82 Å². The van der Waals surface area contributed by atoms with Crippen LogP contribution in [0.4, 0.5) is 14.9 Å². The Kier molecular flexibility index (Phi) is 3.42. The number of anilines is 1. The van der Waals surface area contributed by atoms with Crippen LogP contribution >= 0.6 is 0 Å². The summed E-state index contributed by atoms with van der Waals surface area (Å²) in [6, 6.07) is 4.85. The van der Waals surface area contributed by atoms with Crippen molar-refractivity contribution in [1.29, 1.82) is 0 Å². The number of nitrogens with one attached hydrogen (secondary N) is 1. The number of rotatable bonds is 2. The Labute approximate surface area is 110 Å². The molecule has 6 heteroatoms. The largest absolute Gasteiger partial charge is 0.480 e. The number of carbonyl (C=O) groups excluding carboxylic acids is 1. The number of hydrogen-bond donors (Lipinski definition) is 2. The fourth-order valence-electron chi connectivity index (χ4n) is 2.24. The maximum atomic E-state index is 12.8. The second kappa shape index (κ2) is 4.87. The molecule has 1 atom stereocenters. The number of halogens is 1. The average Bonchev–Trinajstić information content (AvgIpc) is 2.76. The summed E-state index contributed by atoms with van der Waals surface area (Å²) in [5.41, 5.74) is -0.740. The van der Waals surface area contributed by atoms with Crippen molar-refractivity contribution in [2.24, 2.45) is 0 Å². The van der Waals surface area contributed by atoms with Gasteiger partial charge in [-0.1, -0.05) is 0 Å². The van der Waals surface area contributed by atoms with E-state index in [1.807, 2.05) is 0 Å². The van der Waals surface area contributed by atoms with Crippen LogP contribution in [0.25, 0.3) is 0 Å². The molecule has 1 fully saturated rings. The molecule has 1 aromatic rings. The summed E-state index contributed by atoms with van der Waals surface area (Å²) >= 11 is 0. The van der Waals surface area contributed by atoms with Gasteiger partial charge < -0.3 is 15.3 Å². The van der Waals surface area contributed by atoms with Gasteiger partial charge in [-0.05, 0) is 44.0 Å². The van der Waals surface area contributed by atoms with Crippen molar-refractivity contribution in [2.45, 2.75) is 25.3 Å². The minimum Gasteiger partial charge on any atom is -0.480 e. The number of benzene rings is 1. The predicted octanol–water partition coefficient (Wildman–Crippen LogP) is 2.30. The third-order valence-electron chi connectivity index (χ3n) is 3.44. The number of likely N-dealkylation sites (tertiary alicyclic amines) is 1. The number of carbonyl (C=O) groups is 2. The Morgan fingerprint density at radius 3 is 2.58 bits per heavy atom. The van der Waals surface area contributed by atoms with Crippen molar-refractivity contribution < 1.29 is 19.1 Å². The molecule has 0 radical (unpaired) electrons. The van der Waals surface area contributed by atoms with E-state index >= 15 is 0 Å². The molecule has 1 aliphatic rings. The zero-order valence-corrected chi connectivity index (χ0v) is 10.5. The number of carboxylic acids is 1. The van der Waals surface area contributed by atoms with Gasteiger partial charge in [-0.15, -0.1) is 0 Å². The minimum atomic E-state index is -1.18. The zero-order valence-electron chi connectivity index (χ0n) is 10.5. The van der Waals surface area contributed by atoms with E-state index < -0.39 is 23.4 Å². The third kappa shape index (κ3) is 2.52. The van der Waals surface area contributed by atoms with Crippen LogP contribution in [-0.2, 0) is 4.79 Å². The molecule has 0 saturated carbocycles. The van der Waals surface area contributed by atoms with Crippen LogP contribution in [-0.4, -0.2) is 34.1 Å². The lowest BCUT2D eigenvalue weighted by molar-refractivity contribution is -0.146. The van der Waals surface area contributed by atoms with E-state index in [4.69, 9.17) is 0 Å². The lowest BCUT2D eigenvalue weighted by Gasteiger charge is -2.31.